The van der Waals surface area contributed by atoms with Crippen LogP contribution in [0.3, 0.4) is 0 Å². The molecule has 21 heavy (non-hydrogen) atoms. The molecule has 1 aliphatic heterocycles. The van der Waals surface area contributed by atoms with Crippen molar-refractivity contribution >= 4 is 10.0 Å². The highest BCUT2D eigenvalue weighted by Gasteiger charge is 2.30. The smallest absolute Gasteiger partial charge is 0.211 e. The second kappa shape index (κ2) is 6.87. The maximum absolute atomic E-state index is 11.6. The molecule has 1 aromatic carbocycles. The number of nitrogens with zero attached hydrogens (tertiary/aromatic N) is 2. The summed E-state index contributed by atoms with van der Waals surface area (Å²) in [5.74, 6) is 0. The zero-order valence-electron chi connectivity index (χ0n) is 12.8. The molecule has 1 heterocycles. The van der Waals surface area contributed by atoms with E-state index in [-0.39, 0.29) is 12.1 Å². The minimum atomic E-state index is -3.08. The van der Waals surface area contributed by atoms with Gasteiger partial charge in [0.1, 0.15) is 0 Å². The molecule has 0 aromatic heterocycles. The molecule has 1 aliphatic rings. The maximum atomic E-state index is 11.6. The predicted octanol–water partition coefficient (Wildman–Crippen LogP) is 1.04. The summed E-state index contributed by atoms with van der Waals surface area (Å²) in [4.78, 5) is 2.32. The van der Waals surface area contributed by atoms with Crippen LogP contribution in [0.4, 0.5) is 0 Å². The summed E-state index contributed by atoms with van der Waals surface area (Å²) >= 11 is 0. The molecule has 2 unspecified atom stereocenters. The van der Waals surface area contributed by atoms with Gasteiger partial charge >= 0.3 is 0 Å². The zero-order valence-corrected chi connectivity index (χ0v) is 13.6. The second-order valence-corrected chi connectivity index (χ2v) is 7.59. The quantitative estimate of drug-likeness (QED) is 0.882. The summed E-state index contributed by atoms with van der Waals surface area (Å²) in [7, 11) is -3.08. The maximum Gasteiger partial charge on any atom is 0.211 e. The van der Waals surface area contributed by atoms with Crippen molar-refractivity contribution in [2.45, 2.75) is 25.4 Å². The number of benzene rings is 1. The summed E-state index contributed by atoms with van der Waals surface area (Å²) in [6, 6.07) is 10.3. The van der Waals surface area contributed by atoms with Crippen molar-refractivity contribution in [1.29, 1.82) is 0 Å². The van der Waals surface area contributed by atoms with Crippen molar-refractivity contribution in [3.63, 3.8) is 0 Å². The van der Waals surface area contributed by atoms with Crippen molar-refractivity contribution in [3.8, 4) is 0 Å². The number of hydrogen-bond acceptors (Lipinski definition) is 4. The predicted molar refractivity (Wildman–Crippen MR) is 85.4 cm³/mol. The van der Waals surface area contributed by atoms with Crippen LogP contribution in [0, 0.1) is 0 Å². The molecule has 2 atom stereocenters. The van der Waals surface area contributed by atoms with Gasteiger partial charge in [0, 0.05) is 38.3 Å². The Balaban J connectivity index is 2.03. The van der Waals surface area contributed by atoms with E-state index in [4.69, 9.17) is 5.73 Å². The Morgan fingerprint density at radius 2 is 1.71 bits per heavy atom. The van der Waals surface area contributed by atoms with Crippen molar-refractivity contribution in [2.24, 2.45) is 5.73 Å². The first-order valence-electron chi connectivity index (χ1n) is 7.43. The van der Waals surface area contributed by atoms with Crippen molar-refractivity contribution in [2.75, 3.05) is 32.4 Å². The van der Waals surface area contributed by atoms with E-state index in [1.807, 2.05) is 18.2 Å². The molecule has 2 N–H and O–H groups in total. The second-order valence-electron chi connectivity index (χ2n) is 5.61. The number of sulfonamides is 1. The van der Waals surface area contributed by atoms with Crippen LogP contribution in [0.15, 0.2) is 30.3 Å². The minimum absolute atomic E-state index is 0.0408. The molecular formula is C15H25N3O2S. The van der Waals surface area contributed by atoms with Gasteiger partial charge in [-0.1, -0.05) is 37.3 Å². The Bertz CT molecular complexity index is 539. The highest BCUT2D eigenvalue weighted by atomic mass is 32.2. The highest BCUT2D eigenvalue weighted by Crippen LogP contribution is 2.22. The minimum Gasteiger partial charge on any atom is -0.323 e. The third-order valence-corrected chi connectivity index (χ3v) is 5.53. The average Bonchev–Trinajstić information content (AvgIpc) is 2.48. The molecule has 2 rings (SSSR count). The molecule has 0 aliphatic carbocycles. The molecule has 6 heteroatoms. The third-order valence-electron chi connectivity index (χ3n) is 4.23. The highest BCUT2D eigenvalue weighted by molar-refractivity contribution is 7.88. The van der Waals surface area contributed by atoms with E-state index >= 15 is 0 Å². The van der Waals surface area contributed by atoms with Gasteiger partial charge in [0.2, 0.25) is 10.0 Å². The lowest BCUT2D eigenvalue weighted by Gasteiger charge is -2.40. The van der Waals surface area contributed by atoms with Gasteiger partial charge in [-0.2, -0.15) is 4.31 Å². The summed E-state index contributed by atoms with van der Waals surface area (Å²) in [6.07, 6.45) is 2.23. The van der Waals surface area contributed by atoms with E-state index in [0.717, 1.165) is 25.1 Å². The van der Waals surface area contributed by atoms with Crippen LogP contribution in [-0.2, 0) is 10.0 Å². The van der Waals surface area contributed by atoms with Gasteiger partial charge < -0.3 is 5.73 Å². The molecule has 1 saturated heterocycles. The molecule has 0 bridgehead atoms. The fraction of sp³-hybridized carbons (Fsp3) is 0.600. The van der Waals surface area contributed by atoms with Gasteiger partial charge in [0.15, 0.2) is 0 Å². The Kier molecular flexibility index (Phi) is 5.37. The molecule has 1 fully saturated rings. The number of hydrogen-bond donors (Lipinski definition) is 1. The van der Waals surface area contributed by atoms with Crippen molar-refractivity contribution < 1.29 is 8.42 Å². The first-order valence-corrected chi connectivity index (χ1v) is 9.28. The third kappa shape index (κ3) is 4.03. The van der Waals surface area contributed by atoms with Gasteiger partial charge in [0.25, 0.3) is 0 Å². The first kappa shape index (κ1) is 16.4. The van der Waals surface area contributed by atoms with E-state index in [9.17, 15) is 8.42 Å². The Morgan fingerprint density at radius 1 is 1.14 bits per heavy atom. The lowest BCUT2D eigenvalue weighted by atomic mass is 9.96. The fourth-order valence-corrected chi connectivity index (χ4v) is 3.83. The van der Waals surface area contributed by atoms with Crippen LogP contribution in [0.5, 0.6) is 0 Å². The van der Waals surface area contributed by atoms with Gasteiger partial charge in [-0.3, -0.25) is 4.90 Å². The van der Waals surface area contributed by atoms with Gasteiger partial charge in [0.05, 0.1) is 6.26 Å². The van der Waals surface area contributed by atoms with Crippen molar-refractivity contribution in [1.82, 2.24) is 9.21 Å². The zero-order chi connectivity index (χ0) is 15.5. The van der Waals surface area contributed by atoms with Crippen LogP contribution in [0.1, 0.15) is 24.9 Å². The van der Waals surface area contributed by atoms with Gasteiger partial charge in [-0.05, 0) is 12.0 Å². The Morgan fingerprint density at radius 3 is 2.19 bits per heavy atom. The van der Waals surface area contributed by atoms with E-state index in [1.165, 1.54) is 6.26 Å². The molecule has 118 valence electrons. The summed E-state index contributed by atoms with van der Waals surface area (Å²) < 4.78 is 24.7. The topological polar surface area (TPSA) is 66.6 Å². The monoisotopic (exact) mass is 311 g/mol. The van der Waals surface area contributed by atoms with E-state index in [1.54, 1.807) is 4.31 Å². The van der Waals surface area contributed by atoms with Crippen LogP contribution < -0.4 is 5.73 Å². The SMILES string of the molecule is CCC(C(N)c1ccccc1)N1CCN(S(C)(=O)=O)CC1. The number of nitrogens with two attached hydrogens (primary N) is 1. The van der Waals surface area contributed by atoms with Crippen molar-refractivity contribution in [3.05, 3.63) is 35.9 Å². The largest absolute Gasteiger partial charge is 0.323 e. The summed E-state index contributed by atoms with van der Waals surface area (Å²) in [5.41, 5.74) is 7.56. The van der Waals surface area contributed by atoms with E-state index in [0.29, 0.717) is 13.1 Å². The summed E-state index contributed by atoms with van der Waals surface area (Å²) in [5, 5.41) is 0. The standard InChI is InChI=1S/C15H25N3O2S/c1-3-14(15(16)13-7-5-4-6-8-13)17-9-11-18(12-10-17)21(2,19)20/h4-8,14-15H,3,9-12,16H2,1-2H3. The summed E-state index contributed by atoms with van der Waals surface area (Å²) in [6.45, 7) is 4.72. The Labute approximate surface area is 127 Å². The van der Waals surface area contributed by atoms with Gasteiger partial charge in [-0.25, -0.2) is 8.42 Å². The Hall–Kier alpha value is -0.950. The lowest BCUT2D eigenvalue weighted by Crippen LogP contribution is -2.53. The fourth-order valence-electron chi connectivity index (χ4n) is 3.00. The molecule has 0 amide bonds. The van der Waals surface area contributed by atoms with Gasteiger partial charge in [-0.15, -0.1) is 0 Å². The first-order chi connectivity index (χ1) is 9.93. The van der Waals surface area contributed by atoms with E-state index in [2.05, 4.69) is 24.0 Å². The van der Waals surface area contributed by atoms with Crippen LogP contribution in [0.25, 0.3) is 0 Å². The average molecular weight is 311 g/mol. The molecule has 0 saturated carbocycles. The molecular weight excluding hydrogens is 286 g/mol. The normalized spacial score (nSPS) is 21.1. The number of rotatable bonds is 5. The lowest BCUT2D eigenvalue weighted by molar-refractivity contribution is 0.117. The van der Waals surface area contributed by atoms with Crippen LogP contribution >= 0.6 is 0 Å². The molecule has 0 radical (unpaired) electrons. The van der Waals surface area contributed by atoms with Crippen LogP contribution in [-0.4, -0.2) is 56.1 Å². The molecule has 1 aromatic rings. The molecule has 5 nitrogen and oxygen atoms in total. The molecule has 0 spiro atoms. The number of piperazine rings is 1. The van der Waals surface area contributed by atoms with E-state index < -0.39 is 10.0 Å². The van der Waals surface area contributed by atoms with Crippen LogP contribution in [0.2, 0.25) is 0 Å².